The summed E-state index contributed by atoms with van der Waals surface area (Å²) in [6, 6.07) is -0.895. The largest absolute Gasteiger partial charge is 0.394 e. The van der Waals surface area contributed by atoms with Crippen LogP contribution >= 0.6 is 0 Å². The Hall–Kier alpha value is -0.770. The van der Waals surface area contributed by atoms with Crippen molar-refractivity contribution in [3.05, 3.63) is 0 Å². The highest BCUT2D eigenvalue weighted by atomic mass is 16.7. The normalized spacial score (nSPS) is 35.1. The molecule has 1 aliphatic rings. The van der Waals surface area contributed by atoms with E-state index in [2.05, 4.69) is 5.32 Å². The van der Waals surface area contributed by atoms with Crippen LogP contribution in [-0.2, 0) is 14.3 Å². The SMILES string of the molecule is CC(=O)N[C@H]1[C@H](OCCCN)O[C@H](CO)[C@H](O)[C@@H]1O. The van der Waals surface area contributed by atoms with E-state index in [-0.39, 0.29) is 12.5 Å². The number of nitrogens with two attached hydrogens (primary N) is 1. The van der Waals surface area contributed by atoms with E-state index in [1.54, 1.807) is 0 Å². The lowest BCUT2D eigenvalue weighted by molar-refractivity contribution is -0.270. The van der Waals surface area contributed by atoms with E-state index >= 15 is 0 Å². The van der Waals surface area contributed by atoms with Crippen molar-refractivity contribution >= 4 is 5.91 Å². The summed E-state index contributed by atoms with van der Waals surface area (Å²) in [6.07, 6.45) is -3.88. The maximum absolute atomic E-state index is 11.1. The summed E-state index contributed by atoms with van der Waals surface area (Å²) < 4.78 is 10.7. The lowest BCUT2D eigenvalue weighted by Gasteiger charge is -2.42. The average molecular weight is 278 g/mol. The van der Waals surface area contributed by atoms with Crippen molar-refractivity contribution in [1.82, 2.24) is 5.32 Å². The van der Waals surface area contributed by atoms with Gasteiger partial charge in [0.05, 0.1) is 13.2 Å². The molecule has 6 N–H and O–H groups in total. The molecule has 0 aliphatic carbocycles. The Balaban J connectivity index is 2.71. The smallest absolute Gasteiger partial charge is 0.217 e. The van der Waals surface area contributed by atoms with Crippen LogP contribution in [0.15, 0.2) is 0 Å². The first-order valence-electron chi connectivity index (χ1n) is 6.22. The summed E-state index contributed by atoms with van der Waals surface area (Å²) in [6.45, 7) is 1.56. The number of amides is 1. The zero-order valence-corrected chi connectivity index (χ0v) is 10.9. The molecule has 0 bridgehead atoms. The molecular weight excluding hydrogens is 256 g/mol. The molecule has 0 aromatic carbocycles. The third-order valence-electron chi connectivity index (χ3n) is 2.88. The first-order valence-corrected chi connectivity index (χ1v) is 6.22. The third-order valence-corrected chi connectivity index (χ3v) is 2.88. The zero-order valence-electron chi connectivity index (χ0n) is 10.9. The van der Waals surface area contributed by atoms with Gasteiger partial charge in [-0.15, -0.1) is 0 Å². The molecular formula is C11H22N2O6. The molecule has 112 valence electrons. The molecule has 1 heterocycles. The summed E-state index contributed by atoms with van der Waals surface area (Å²) in [7, 11) is 0. The Morgan fingerprint density at radius 2 is 2.11 bits per heavy atom. The number of hydrogen-bond acceptors (Lipinski definition) is 7. The van der Waals surface area contributed by atoms with Gasteiger partial charge in [0, 0.05) is 6.92 Å². The van der Waals surface area contributed by atoms with E-state index in [0.29, 0.717) is 13.0 Å². The standard InChI is InChI=1S/C11H22N2O6/c1-6(15)13-8-10(17)9(16)7(5-14)19-11(8)18-4-2-3-12/h7-11,14,16-17H,2-5,12H2,1H3,(H,13,15)/t7-,8-,9+,10-,11-/m1/s1. The van der Waals surface area contributed by atoms with Crippen LogP contribution in [0.5, 0.6) is 0 Å². The molecule has 1 aliphatic heterocycles. The Kier molecular flexibility index (Phi) is 6.63. The minimum Gasteiger partial charge on any atom is -0.394 e. The van der Waals surface area contributed by atoms with E-state index in [0.717, 1.165) is 0 Å². The second-order valence-corrected chi connectivity index (χ2v) is 4.45. The lowest BCUT2D eigenvalue weighted by Crippen LogP contribution is -2.64. The zero-order chi connectivity index (χ0) is 14.4. The van der Waals surface area contributed by atoms with Crippen LogP contribution in [0.25, 0.3) is 0 Å². The van der Waals surface area contributed by atoms with Crippen molar-refractivity contribution in [2.75, 3.05) is 19.8 Å². The molecule has 0 spiro atoms. The van der Waals surface area contributed by atoms with Gasteiger partial charge in [-0.3, -0.25) is 4.79 Å². The molecule has 1 amide bonds. The van der Waals surface area contributed by atoms with Gasteiger partial charge in [0.2, 0.25) is 5.91 Å². The van der Waals surface area contributed by atoms with Crippen molar-refractivity contribution in [2.24, 2.45) is 5.73 Å². The highest BCUT2D eigenvalue weighted by molar-refractivity contribution is 5.73. The van der Waals surface area contributed by atoms with Crippen LogP contribution in [0, 0.1) is 0 Å². The van der Waals surface area contributed by atoms with Crippen molar-refractivity contribution in [3.8, 4) is 0 Å². The Morgan fingerprint density at radius 1 is 1.42 bits per heavy atom. The predicted octanol–water partition coefficient (Wildman–Crippen LogP) is -2.70. The molecule has 8 nitrogen and oxygen atoms in total. The summed E-state index contributed by atoms with van der Waals surface area (Å²) in [4.78, 5) is 11.1. The van der Waals surface area contributed by atoms with E-state index in [1.165, 1.54) is 6.92 Å². The Morgan fingerprint density at radius 3 is 2.63 bits per heavy atom. The van der Waals surface area contributed by atoms with Gasteiger partial charge in [-0.2, -0.15) is 0 Å². The van der Waals surface area contributed by atoms with Gasteiger partial charge in [-0.05, 0) is 13.0 Å². The van der Waals surface area contributed by atoms with E-state index < -0.39 is 37.3 Å². The third kappa shape index (κ3) is 4.37. The maximum Gasteiger partial charge on any atom is 0.217 e. The van der Waals surface area contributed by atoms with Crippen LogP contribution in [0.3, 0.4) is 0 Å². The minimum atomic E-state index is -1.30. The highest BCUT2D eigenvalue weighted by Crippen LogP contribution is 2.22. The van der Waals surface area contributed by atoms with Crippen LogP contribution in [0.4, 0.5) is 0 Å². The van der Waals surface area contributed by atoms with Gasteiger partial charge >= 0.3 is 0 Å². The van der Waals surface area contributed by atoms with Crippen molar-refractivity contribution in [1.29, 1.82) is 0 Å². The number of aliphatic hydroxyl groups is 3. The summed E-state index contributed by atoms with van der Waals surface area (Å²) >= 11 is 0. The van der Waals surface area contributed by atoms with Gasteiger partial charge < -0.3 is 35.8 Å². The Labute approximate surface area is 111 Å². The fourth-order valence-electron chi connectivity index (χ4n) is 1.90. The van der Waals surface area contributed by atoms with Crippen LogP contribution in [0.2, 0.25) is 0 Å². The quantitative estimate of drug-likeness (QED) is 0.334. The number of hydrogen-bond donors (Lipinski definition) is 5. The second kappa shape index (κ2) is 7.73. The number of aliphatic hydroxyl groups excluding tert-OH is 3. The topological polar surface area (TPSA) is 134 Å². The number of carbonyl (C=O) groups excluding carboxylic acids is 1. The number of nitrogens with one attached hydrogen (secondary N) is 1. The fraction of sp³-hybridized carbons (Fsp3) is 0.909. The molecule has 0 aromatic rings. The summed E-state index contributed by atoms with van der Waals surface area (Å²) in [5.74, 6) is -0.380. The number of rotatable bonds is 6. The van der Waals surface area contributed by atoms with E-state index in [9.17, 15) is 15.0 Å². The van der Waals surface area contributed by atoms with Crippen molar-refractivity contribution in [3.63, 3.8) is 0 Å². The predicted molar refractivity (Wildman–Crippen MR) is 65.0 cm³/mol. The minimum absolute atomic E-state index is 0.290. The van der Waals surface area contributed by atoms with Crippen molar-refractivity contribution in [2.45, 2.75) is 44.0 Å². The number of ether oxygens (including phenoxy) is 2. The average Bonchev–Trinajstić information content (AvgIpc) is 2.37. The van der Waals surface area contributed by atoms with Gasteiger partial charge in [0.15, 0.2) is 6.29 Å². The first kappa shape index (κ1) is 16.3. The fourth-order valence-corrected chi connectivity index (χ4v) is 1.90. The molecule has 0 unspecified atom stereocenters. The molecule has 5 atom stereocenters. The Bertz CT molecular complexity index is 290. The monoisotopic (exact) mass is 278 g/mol. The molecule has 19 heavy (non-hydrogen) atoms. The maximum atomic E-state index is 11.1. The van der Waals surface area contributed by atoms with Gasteiger partial charge in [0.25, 0.3) is 0 Å². The summed E-state index contributed by atoms with van der Waals surface area (Å²) in [5.41, 5.74) is 5.34. The molecule has 0 saturated carbocycles. The molecule has 0 aromatic heterocycles. The second-order valence-electron chi connectivity index (χ2n) is 4.45. The molecule has 1 rings (SSSR count). The van der Waals surface area contributed by atoms with Crippen LogP contribution < -0.4 is 11.1 Å². The molecule has 8 heteroatoms. The van der Waals surface area contributed by atoms with Gasteiger partial charge in [-0.25, -0.2) is 0 Å². The highest BCUT2D eigenvalue weighted by Gasteiger charge is 2.45. The van der Waals surface area contributed by atoms with Crippen molar-refractivity contribution < 1.29 is 29.6 Å². The van der Waals surface area contributed by atoms with Gasteiger partial charge in [0.1, 0.15) is 24.4 Å². The van der Waals surface area contributed by atoms with Gasteiger partial charge in [-0.1, -0.05) is 0 Å². The van der Waals surface area contributed by atoms with E-state index in [4.69, 9.17) is 20.3 Å². The van der Waals surface area contributed by atoms with Crippen LogP contribution in [0.1, 0.15) is 13.3 Å². The summed E-state index contributed by atoms with van der Waals surface area (Å²) in [5, 5.41) is 31.3. The molecule has 1 saturated heterocycles. The first-order chi connectivity index (χ1) is 9.01. The number of carbonyl (C=O) groups is 1. The lowest BCUT2D eigenvalue weighted by atomic mass is 9.97. The molecule has 1 fully saturated rings. The molecule has 0 radical (unpaired) electrons. The van der Waals surface area contributed by atoms with Crippen LogP contribution in [-0.4, -0.2) is 71.6 Å². The van der Waals surface area contributed by atoms with E-state index in [1.807, 2.05) is 0 Å².